The van der Waals surface area contributed by atoms with E-state index in [0.29, 0.717) is 12.1 Å². The molecule has 2 rings (SSSR count). The van der Waals surface area contributed by atoms with Crippen LogP contribution in [0.2, 0.25) is 0 Å². The highest BCUT2D eigenvalue weighted by Crippen LogP contribution is 2.27. The Bertz CT molecular complexity index is 955. The predicted molar refractivity (Wildman–Crippen MR) is 138 cm³/mol. The summed E-state index contributed by atoms with van der Waals surface area (Å²) < 4.78 is 34.4. The Morgan fingerprint density at radius 1 is 1.17 bits per heavy atom. The van der Waals surface area contributed by atoms with Gasteiger partial charge in [0, 0.05) is 11.0 Å². The molecule has 11 heteroatoms. The number of hydrogen-bond acceptors (Lipinski definition) is 5. The van der Waals surface area contributed by atoms with Crippen molar-refractivity contribution in [2.75, 3.05) is 32.4 Å². The van der Waals surface area contributed by atoms with E-state index in [-0.39, 0.29) is 26.4 Å². The van der Waals surface area contributed by atoms with Gasteiger partial charge >= 0.3 is 6.03 Å². The van der Waals surface area contributed by atoms with Crippen molar-refractivity contribution < 1.29 is 23.1 Å². The fourth-order valence-corrected chi connectivity index (χ4v) is 4.67. The molecule has 1 heterocycles. The number of likely N-dealkylation sites (tertiary alicyclic amines) is 1. The number of carbonyl (C=O) groups excluding carboxylic acids is 2. The first-order valence-corrected chi connectivity index (χ1v) is 13.4. The van der Waals surface area contributed by atoms with Crippen LogP contribution in [0.5, 0.6) is 0 Å². The summed E-state index contributed by atoms with van der Waals surface area (Å²) in [6.07, 6.45) is 5.98. The highest BCUT2D eigenvalue weighted by molar-refractivity contribution is 9.10. The molecule has 1 aromatic carbocycles. The minimum Gasteiger partial charge on any atom is -0.488 e. The molecule has 0 spiro atoms. The molecule has 0 atom stereocenters. The Labute approximate surface area is 218 Å². The maximum absolute atomic E-state index is 14.2. The highest BCUT2D eigenvalue weighted by atomic mass is 79.9. The van der Waals surface area contributed by atoms with Gasteiger partial charge in [0.25, 0.3) is 5.91 Å². The van der Waals surface area contributed by atoms with Gasteiger partial charge in [-0.3, -0.25) is 4.79 Å². The first-order valence-electron chi connectivity index (χ1n) is 11.4. The van der Waals surface area contributed by atoms with E-state index in [1.54, 1.807) is 20.1 Å². The molecule has 3 amide bonds. The summed E-state index contributed by atoms with van der Waals surface area (Å²) in [5, 5.41) is 5.62. The van der Waals surface area contributed by atoms with Crippen LogP contribution in [-0.2, 0) is 16.1 Å². The summed E-state index contributed by atoms with van der Waals surface area (Å²) in [5.41, 5.74) is 5.81. The molecule has 194 valence electrons. The second-order valence-electron chi connectivity index (χ2n) is 8.38. The molecule has 0 aromatic heterocycles. The van der Waals surface area contributed by atoms with Gasteiger partial charge in [-0.15, -0.1) is 11.8 Å². The maximum Gasteiger partial charge on any atom is 0.319 e. The molecule has 1 aromatic rings. The van der Waals surface area contributed by atoms with Crippen LogP contribution >= 0.6 is 27.7 Å². The van der Waals surface area contributed by atoms with Crippen molar-refractivity contribution in [2.24, 2.45) is 5.73 Å². The van der Waals surface area contributed by atoms with Crippen molar-refractivity contribution in [3.63, 3.8) is 0 Å². The standard InChI is InChI=1S/C24H33BrF2N4O3S/c1-15(2)21(34-14-17-18(26)12-16(25)13-19(17)27)20(22(28)32)23(35-3)30-24(33)29-8-4-5-9-31-10-6-7-11-31/h12-13H,4-11,14H2,1-3H3,(H2,28,32)(H2,29,30,33)/b23-20+. The SMILES string of the molecule is CS/C(NC(=O)NCCCCN1CCCC1)=C(/C(N)=O)C(OCc1c(F)cc(Br)cc1F)=C(C)C. The molecule has 0 saturated carbocycles. The highest BCUT2D eigenvalue weighted by Gasteiger charge is 2.23. The monoisotopic (exact) mass is 574 g/mol. The van der Waals surface area contributed by atoms with Crippen LogP contribution in [0.1, 0.15) is 45.1 Å². The number of halogens is 3. The number of primary amides is 1. The molecule has 1 aliphatic heterocycles. The summed E-state index contributed by atoms with van der Waals surface area (Å²) in [7, 11) is 0. The van der Waals surface area contributed by atoms with Crippen LogP contribution in [0.25, 0.3) is 0 Å². The number of unbranched alkanes of at least 4 members (excludes halogenated alkanes) is 1. The van der Waals surface area contributed by atoms with Crippen molar-refractivity contribution in [3.05, 3.63) is 55.7 Å². The van der Waals surface area contributed by atoms with Crippen LogP contribution in [0.15, 0.2) is 38.5 Å². The Kier molecular flexibility index (Phi) is 12.0. The average Bonchev–Trinajstić information content (AvgIpc) is 3.29. The van der Waals surface area contributed by atoms with Crippen molar-refractivity contribution in [1.29, 1.82) is 0 Å². The lowest BCUT2D eigenvalue weighted by molar-refractivity contribution is -0.114. The number of carbonyl (C=O) groups is 2. The van der Waals surface area contributed by atoms with Crippen molar-refractivity contribution in [3.8, 4) is 0 Å². The summed E-state index contributed by atoms with van der Waals surface area (Å²) in [6, 6.07) is 1.77. The number of allylic oxidation sites excluding steroid dienone is 1. The van der Waals surface area contributed by atoms with Crippen LogP contribution < -0.4 is 16.4 Å². The number of nitrogens with zero attached hydrogens (tertiary/aromatic N) is 1. The third-order valence-corrected chi connectivity index (χ3v) is 6.61. The number of amides is 3. The zero-order valence-corrected chi connectivity index (χ0v) is 22.7. The predicted octanol–water partition coefficient (Wildman–Crippen LogP) is 4.77. The van der Waals surface area contributed by atoms with E-state index < -0.39 is 30.2 Å². The van der Waals surface area contributed by atoms with Crippen molar-refractivity contribution in [2.45, 2.75) is 46.1 Å². The molecule has 0 bridgehead atoms. The van der Waals surface area contributed by atoms with Gasteiger partial charge in [-0.25, -0.2) is 13.6 Å². The smallest absolute Gasteiger partial charge is 0.319 e. The molecule has 4 N–H and O–H groups in total. The minimum absolute atomic E-state index is 0.0504. The van der Waals surface area contributed by atoms with Gasteiger partial charge < -0.3 is 26.0 Å². The van der Waals surface area contributed by atoms with Crippen molar-refractivity contribution in [1.82, 2.24) is 15.5 Å². The number of urea groups is 1. The number of rotatable bonds is 12. The van der Waals surface area contributed by atoms with E-state index in [2.05, 4.69) is 31.5 Å². The van der Waals surface area contributed by atoms with Crippen LogP contribution in [-0.4, -0.2) is 49.3 Å². The van der Waals surface area contributed by atoms with Gasteiger partial charge in [0.05, 0.1) is 10.6 Å². The largest absolute Gasteiger partial charge is 0.488 e. The molecule has 0 unspecified atom stereocenters. The lowest BCUT2D eigenvalue weighted by Gasteiger charge is -2.19. The van der Waals surface area contributed by atoms with Gasteiger partial charge in [0.1, 0.15) is 29.6 Å². The summed E-state index contributed by atoms with van der Waals surface area (Å²) in [5.74, 6) is -2.37. The molecule has 1 saturated heterocycles. The van der Waals surface area contributed by atoms with E-state index in [9.17, 15) is 18.4 Å². The second kappa shape index (κ2) is 14.4. The van der Waals surface area contributed by atoms with Gasteiger partial charge in [-0.1, -0.05) is 15.9 Å². The van der Waals surface area contributed by atoms with Gasteiger partial charge in [-0.05, 0) is 83.1 Å². The lowest BCUT2D eigenvalue weighted by atomic mass is 10.1. The topological polar surface area (TPSA) is 96.7 Å². The molecular weight excluding hydrogens is 542 g/mol. The Morgan fingerprint density at radius 3 is 2.34 bits per heavy atom. The molecule has 7 nitrogen and oxygen atoms in total. The molecule has 1 fully saturated rings. The number of nitrogens with two attached hydrogens (primary N) is 1. The summed E-state index contributed by atoms with van der Waals surface area (Å²) in [4.78, 5) is 27.2. The Balaban J connectivity index is 2.06. The summed E-state index contributed by atoms with van der Waals surface area (Å²) >= 11 is 4.14. The van der Waals surface area contributed by atoms with Crippen molar-refractivity contribution >= 4 is 39.6 Å². The average molecular weight is 576 g/mol. The zero-order chi connectivity index (χ0) is 26.0. The third-order valence-electron chi connectivity index (χ3n) is 5.44. The van der Waals surface area contributed by atoms with Gasteiger partial charge in [0.2, 0.25) is 0 Å². The molecular formula is C24H33BrF2N4O3S. The minimum atomic E-state index is -0.840. The van der Waals surface area contributed by atoms with E-state index in [0.717, 1.165) is 56.4 Å². The molecule has 1 aliphatic rings. The van der Waals surface area contributed by atoms with Crippen LogP contribution in [0, 0.1) is 11.6 Å². The first-order chi connectivity index (χ1) is 16.6. The third kappa shape index (κ3) is 9.12. The van der Waals surface area contributed by atoms with E-state index >= 15 is 0 Å². The first kappa shape index (κ1) is 29.1. The summed E-state index contributed by atoms with van der Waals surface area (Å²) in [6.45, 7) is 6.67. The fourth-order valence-electron chi connectivity index (χ4n) is 3.68. The quantitative estimate of drug-likeness (QED) is 0.144. The fraction of sp³-hybridized carbons (Fsp3) is 0.500. The maximum atomic E-state index is 14.2. The molecule has 0 aliphatic carbocycles. The van der Waals surface area contributed by atoms with Crippen LogP contribution in [0.4, 0.5) is 13.6 Å². The van der Waals surface area contributed by atoms with E-state index in [1.807, 2.05) is 0 Å². The van der Waals surface area contributed by atoms with Gasteiger partial charge in [-0.2, -0.15) is 0 Å². The molecule has 0 radical (unpaired) electrons. The Morgan fingerprint density at radius 2 is 1.80 bits per heavy atom. The number of nitrogens with one attached hydrogen (secondary N) is 2. The zero-order valence-electron chi connectivity index (χ0n) is 20.3. The number of ether oxygens (including phenoxy) is 1. The van der Waals surface area contributed by atoms with Crippen LogP contribution in [0.3, 0.4) is 0 Å². The lowest BCUT2D eigenvalue weighted by Crippen LogP contribution is -2.36. The second-order valence-corrected chi connectivity index (χ2v) is 10.1. The number of thioether (sulfide) groups is 1. The number of hydrogen-bond donors (Lipinski definition) is 3. The normalized spacial score (nSPS) is 14.3. The van der Waals surface area contributed by atoms with Gasteiger partial charge in [0.15, 0.2) is 0 Å². The van der Waals surface area contributed by atoms with E-state index in [4.69, 9.17) is 10.5 Å². The number of benzene rings is 1. The van der Waals surface area contributed by atoms with E-state index in [1.165, 1.54) is 12.8 Å². The Hall–Kier alpha value is -2.11. The molecule has 35 heavy (non-hydrogen) atoms.